The summed E-state index contributed by atoms with van der Waals surface area (Å²) in [6, 6.07) is 14.7. The first-order chi connectivity index (χ1) is 9.08. The van der Waals surface area contributed by atoms with Gasteiger partial charge in [-0.1, -0.05) is 48.0 Å². The van der Waals surface area contributed by atoms with Crippen molar-refractivity contribution in [3.63, 3.8) is 0 Å². The fourth-order valence-electron chi connectivity index (χ4n) is 1.88. The van der Waals surface area contributed by atoms with E-state index in [0.717, 1.165) is 11.1 Å². The second-order valence-electron chi connectivity index (χ2n) is 4.36. The van der Waals surface area contributed by atoms with Gasteiger partial charge in [-0.25, -0.2) is 4.79 Å². The number of urea groups is 1. The normalized spacial score (nSPS) is 10.2. The molecular formula is C15H15ClN2O. The summed E-state index contributed by atoms with van der Waals surface area (Å²) in [5.74, 6) is 0. The van der Waals surface area contributed by atoms with Crippen LogP contribution in [0.5, 0.6) is 0 Å². The van der Waals surface area contributed by atoms with Gasteiger partial charge in [0.15, 0.2) is 0 Å². The lowest BCUT2D eigenvalue weighted by Crippen LogP contribution is -2.35. The van der Waals surface area contributed by atoms with Crippen molar-refractivity contribution >= 4 is 23.3 Å². The molecule has 2 aromatic carbocycles. The average molecular weight is 275 g/mol. The number of carbonyl (C=O) groups excluding carboxylic acids is 1. The molecule has 0 spiro atoms. The first-order valence-corrected chi connectivity index (χ1v) is 6.33. The molecule has 0 fully saturated rings. The Balaban J connectivity index is 2.33. The number of aryl methyl sites for hydroxylation is 1. The number of halogens is 1. The van der Waals surface area contributed by atoms with Crippen molar-refractivity contribution in [1.29, 1.82) is 0 Å². The molecule has 0 saturated carbocycles. The zero-order chi connectivity index (χ0) is 13.8. The fourth-order valence-corrected chi connectivity index (χ4v) is 2.22. The summed E-state index contributed by atoms with van der Waals surface area (Å²) >= 11 is 6.19. The molecule has 0 unspecified atom stereocenters. The number of hydrogen-bond donors (Lipinski definition) is 1. The maximum Gasteiger partial charge on any atom is 0.319 e. The van der Waals surface area contributed by atoms with Crippen LogP contribution in [0.3, 0.4) is 0 Å². The third-order valence-corrected chi connectivity index (χ3v) is 3.15. The standard InChI is InChI=1S/C15H15ClN2O/c1-11-7-8-14(13(16)9-11)18(15(17)19)10-12-5-3-2-4-6-12/h2-9H,10H2,1H3,(H2,17,19). The second-order valence-corrected chi connectivity index (χ2v) is 4.77. The van der Waals surface area contributed by atoms with Crippen LogP contribution in [-0.4, -0.2) is 6.03 Å². The summed E-state index contributed by atoms with van der Waals surface area (Å²) in [6.07, 6.45) is 0. The van der Waals surface area contributed by atoms with E-state index in [4.69, 9.17) is 17.3 Å². The second kappa shape index (κ2) is 5.76. The lowest BCUT2D eigenvalue weighted by molar-refractivity contribution is 0.253. The summed E-state index contributed by atoms with van der Waals surface area (Å²) in [5, 5.41) is 0.523. The van der Waals surface area contributed by atoms with Crippen molar-refractivity contribution in [2.24, 2.45) is 5.73 Å². The van der Waals surface area contributed by atoms with Crippen molar-refractivity contribution in [3.8, 4) is 0 Å². The number of hydrogen-bond acceptors (Lipinski definition) is 1. The maximum atomic E-state index is 11.6. The van der Waals surface area contributed by atoms with Crippen LogP contribution in [0, 0.1) is 6.92 Å². The van der Waals surface area contributed by atoms with Crippen LogP contribution >= 0.6 is 11.6 Å². The van der Waals surface area contributed by atoms with E-state index in [1.165, 1.54) is 4.90 Å². The van der Waals surface area contributed by atoms with Crippen LogP contribution in [0.2, 0.25) is 5.02 Å². The SMILES string of the molecule is Cc1ccc(N(Cc2ccccc2)C(N)=O)c(Cl)c1. The topological polar surface area (TPSA) is 46.3 Å². The third kappa shape index (κ3) is 3.26. The summed E-state index contributed by atoms with van der Waals surface area (Å²) in [7, 11) is 0. The highest BCUT2D eigenvalue weighted by molar-refractivity contribution is 6.33. The quantitative estimate of drug-likeness (QED) is 0.911. The average Bonchev–Trinajstić information content (AvgIpc) is 2.38. The molecule has 0 aliphatic heterocycles. The Morgan fingerprint density at radius 1 is 1.21 bits per heavy atom. The number of anilines is 1. The summed E-state index contributed by atoms with van der Waals surface area (Å²) in [6.45, 7) is 2.35. The fraction of sp³-hybridized carbons (Fsp3) is 0.133. The molecule has 0 atom stereocenters. The highest BCUT2D eigenvalue weighted by atomic mass is 35.5. The molecule has 19 heavy (non-hydrogen) atoms. The highest BCUT2D eigenvalue weighted by Gasteiger charge is 2.15. The predicted octanol–water partition coefficient (Wildman–Crippen LogP) is 3.73. The Kier molecular flexibility index (Phi) is 4.07. The van der Waals surface area contributed by atoms with E-state index in [0.29, 0.717) is 17.3 Å². The molecule has 0 saturated heterocycles. The number of benzene rings is 2. The largest absolute Gasteiger partial charge is 0.351 e. The number of primary amides is 1. The Hall–Kier alpha value is -2.00. The summed E-state index contributed by atoms with van der Waals surface area (Å²) < 4.78 is 0. The molecule has 98 valence electrons. The van der Waals surface area contributed by atoms with Crippen molar-refractivity contribution in [2.45, 2.75) is 13.5 Å². The molecule has 0 aliphatic rings. The van der Waals surface area contributed by atoms with Gasteiger partial charge in [0.25, 0.3) is 0 Å². The van der Waals surface area contributed by atoms with E-state index >= 15 is 0 Å². The smallest absolute Gasteiger partial charge is 0.319 e. The Bertz CT molecular complexity index is 584. The van der Waals surface area contributed by atoms with Gasteiger partial charge >= 0.3 is 6.03 Å². The summed E-state index contributed by atoms with van der Waals surface area (Å²) in [5.41, 5.74) is 8.12. The van der Waals surface area contributed by atoms with Crippen LogP contribution in [0.4, 0.5) is 10.5 Å². The minimum absolute atomic E-state index is 0.402. The van der Waals surface area contributed by atoms with Crippen molar-refractivity contribution in [3.05, 3.63) is 64.7 Å². The number of carbonyl (C=O) groups is 1. The molecule has 0 heterocycles. The molecule has 0 aromatic heterocycles. The molecule has 2 rings (SSSR count). The molecule has 2 amide bonds. The minimum Gasteiger partial charge on any atom is -0.351 e. The van der Waals surface area contributed by atoms with Crippen LogP contribution in [-0.2, 0) is 6.54 Å². The van der Waals surface area contributed by atoms with Crippen LogP contribution in [0.1, 0.15) is 11.1 Å². The first-order valence-electron chi connectivity index (χ1n) is 5.95. The van der Waals surface area contributed by atoms with E-state index in [1.54, 1.807) is 0 Å². The number of amides is 2. The Labute approximate surface area is 117 Å². The molecule has 3 nitrogen and oxygen atoms in total. The van der Waals surface area contributed by atoms with Crippen LogP contribution < -0.4 is 10.6 Å². The molecular weight excluding hydrogens is 260 g/mol. The highest BCUT2D eigenvalue weighted by Crippen LogP contribution is 2.27. The van der Waals surface area contributed by atoms with Gasteiger partial charge in [-0.3, -0.25) is 4.90 Å². The van der Waals surface area contributed by atoms with E-state index in [-0.39, 0.29) is 0 Å². The van der Waals surface area contributed by atoms with Crippen molar-refractivity contribution in [1.82, 2.24) is 0 Å². The van der Waals surface area contributed by atoms with Gasteiger partial charge in [0.1, 0.15) is 0 Å². The van der Waals surface area contributed by atoms with E-state index in [2.05, 4.69) is 0 Å². The number of rotatable bonds is 3. The molecule has 2 N–H and O–H groups in total. The lowest BCUT2D eigenvalue weighted by Gasteiger charge is -2.22. The predicted molar refractivity (Wildman–Crippen MR) is 78.4 cm³/mol. The monoisotopic (exact) mass is 274 g/mol. The Morgan fingerprint density at radius 2 is 1.89 bits per heavy atom. The van der Waals surface area contributed by atoms with Crippen LogP contribution in [0.25, 0.3) is 0 Å². The molecule has 4 heteroatoms. The number of nitrogens with zero attached hydrogens (tertiary/aromatic N) is 1. The van der Waals surface area contributed by atoms with E-state index in [9.17, 15) is 4.79 Å². The van der Waals surface area contributed by atoms with Crippen molar-refractivity contribution < 1.29 is 4.79 Å². The minimum atomic E-state index is -0.519. The summed E-state index contributed by atoms with van der Waals surface area (Å²) in [4.78, 5) is 13.1. The van der Waals surface area contributed by atoms with Gasteiger partial charge in [0, 0.05) is 0 Å². The lowest BCUT2D eigenvalue weighted by atomic mass is 10.2. The zero-order valence-corrected chi connectivity index (χ0v) is 11.4. The molecule has 2 aromatic rings. The molecule has 0 radical (unpaired) electrons. The Morgan fingerprint density at radius 3 is 2.47 bits per heavy atom. The van der Waals surface area contributed by atoms with Gasteiger partial charge in [0.2, 0.25) is 0 Å². The first kappa shape index (κ1) is 13.4. The number of nitrogens with two attached hydrogens (primary N) is 1. The zero-order valence-electron chi connectivity index (χ0n) is 10.6. The van der Waals surface area contributed by atoms with Gasteiger partial charge in [0.05, 0.1) is 17.3 Å². The van der Waals surface area contributed by atoms with Gasteiger partial charge in [-0.05, 0) is 30.2 Å². The van der Waals surface area contributed by atoms with E-state index in [1.807, 2.05) is 55.5 Å². The molecule has 0 aliphatic carbocycles. The van der Waals surface area contributed by atoms with Gasteiger partial charge in [-0.2, -0.15) is 0 Å². The van der Waals surface area contributed by atoms with E-state index < -0.39 is 6.03 Å². The van der Waals surface area contributed by atoms with Crippen LogP contribution in [0.15, 0.2) is 48.5 Å². The third-order valence-electron chi connectivity index (χ3n) is 2.84. The molecule has 0 bridgehead atoms. The van der Waals surface area contributed by atoms with Gasteiger partial charge in [-0.15, -0.1) is 0 Å². The van der Waals surface area contributed by atoms with Gasteiger partial charge < -0.3 is 5.73 Å². The van der Waals surface area contributed by atoms with Crippen molar-refractivity contribution in [2.75, 3.05) is 4.90 Å². The maximum absolute atomic E-state index is 11.6.